The summed E-state index contributed by atoms with van der Waals surface area (Å²) >= 11 is 0. The molecule has 0 spiro atoms. The molecule has 1 heterocycles. The monoisotopic (exact) mass is 191 g/mol. The van der Waals surface area contributed by atoms with Crippen LogP contribution >= 0.6 is 0 Å². The highest BCUT2D eigenvalue weighted by molar-refractivity contribution is 5.62. The highest BCUT2D eigenvalue weighted by Gasteiger charge is 2.22. The van der Waals surface area contributed by atoms with Gasteiger partial charge in [0.25, 0.3) is 0 Å². The lowest BCUT2D eigenvalue weighted by molar-refractivity contribution is 0.168. The van der Waals surface area contributed by atoms with Crippen LogP contribution in [0.25, 0.3) is 6.08 Å². The molecule has 73 valence electrons. The summed E-state index contributed by atoms with van der Waals surface area (Å²) in [6, 6.07) is 3.62. The van der Waals surface area contributed by atoms with E-state index in [4.69, 9.17) is 9.47 Å². The van der Waals surface area contributed by atoms with Crippen molar-refractivity contribution in [3.63, 3.8) is 0 Å². The van der Waals surface area contributed by atoms with Gasteiger partial charge in [0, 0.05) is 5.56 Å². The normalized spacial score (nSPS) is 15.3. The van der Waals surface area contributed by atoms with Gasteiger partial charge < -0.3 is 14.6 Å². The van der Waals surface area contributed by atoms with Crippen molar-refractivity contribution in [2.75, 3.05) is 6.79 Å². The van der Waals surface area contributed by atoms with Gasteiger partial charge in [0.05, 0.1) is 6.10 Å². The van der Waals surface area contributed by atoms with Crippen molar-refractivity contribution in [3.05, 3.63) is 36.8 Å². The van der Waals surface area contributed by atoms with E-state index in [0.717, 1.165) is 5.56 Å². The summed E-state index contributed by atoms with van der Waals surface area (Å²) in [6.45, 7) is 7.42. The highest BCUT2D eigenvalue weighted by atomic mass is 16.7. The molecule has 1 aliphatic heterocycles. The molecule has 1 aromatic rings. The third kappa shape index (κ3) is 1.26. The van der Waals surface area contributed by atoms with Crippen LogP contribution in [-0.4, -0.2) is 11.9 Å². The topological polar surface area (TPSA) is 38.7 Å². The molecule has 3 heteroatoms. The van der Waals surface area contributed by atoms with E-state index in [1.54, 1.807) is 12.1 Å². The van der Waals surface area contributed by atoms with Crippen molar-refractivity contribution in [1.82, 2.24) is 0 Å². The second-order valence-corrected chi connectivity index (χ2v) is 3.02. The number of rotatable bonds is 2. The van der Waals surface area contributed by atoms with Crippen LogP contribution in [0.4, 0.5) is 0 Å². The van der Waals surface area contributed by atoms with Crippen molar-refractivity contribution < 1.29 is 14.6 Å². The number of fused-ring (bicyclic) bond motifs is 1. The van der Waals surface area contributed by atoms with Crippen LogP contribution in [0, 0.1) is 6.92 Å². The zero-order chi connectivity index (χ0) is 10.1. The molecule has 1 atom stereocenters. The second-order valence-electron chi connectivity index (χ2n) is 3.02. The quantitative estimate of drug-likeness (QED) is 0.776. The zero-order valence-corrected chi connectivity index (χ0v) is 7.69. The van der Waals surface area contributed by atoms with Crippen LogP contribution in [0.5, 0.6) is 11.5 Å². The molecule has 1 unspecified atom stereocenters. The summed E-state index contributed by atoms with van der Waals surface area (Å²) in [4.78, 5) is 0. The molecule has 0 aliphatic carbocycles. The fourth-order valence-electron chi connectivity index (χ4n) is 1.53. The Hall–Kier alpha value is -1.48. The van der Waals surface area contributed by atoms with Gasteiger partial charge in [-0.1, -0.05) is 18.7 Å². The smallest absolute Gasteiger partial charge is 0.231 e. The Morgan fingerprint density at radius 1 is 1.43 bits per heavy atom. The summed E-state index contributed by atoms with van der Waals surface area (Å²) in [5, 5.41) is 9.51. The van der Waals surface area contributed by atoms with Crippen molar-refractivity contribution >= 4 is 6.08 Å². The van der Waals surface area contributed by atoms with Gasteiger partial charge >= 0.3 is 0 Å². The minimum Gasteiger partial charge on any atom is -0.454 e. The molecule has 0 bridgehead atoms. The number of benzene rings is 1. The van der Waals surface area contributed by atoms with Crippen LogP contribution in [0.15, 0.2) is 18.7 Å². The molecular weight excluding hydrogens is 180 g/mol. The van der Waals surface area contributed by atoms with E-state index in [-0.39, 0.29) is 6.79 Å². The SMILES string of the molecule is [CH2]C(O)c1c(C=C)ccc2c1OCO2. The summed E-state index contributed by atoms with van der Waals surface area (Å²) in [5.74, 6) is 1.22. The fraction of sp³-hybridized carbons (Fsp3) is 0.182. The van der Waals surface area contributed by atoms with E-state index in [9.17, 15) is 5.11 Å². The number of aliphatic hydroxyl groups is 1. The summed E-state index contributed by atoms with van der Waals surface area (Å²) in [6.07, 6.45) is 0.825. The molecule has 0 saturated carbocycles. The van der Waals surface area contributed by atoms with E-state index in [1.165, 1.54) is 0 Å². The van der Waals surface area contributed by atoms with E-state index >= 15 is 0 Å². The second kappa shape index (κ2) is 3.35. The fourth-order valence-corrected chi connectivity index (χ4v) is 1.53. The zero-order valence-electron chi connectivity index (χ0n) is 7.69. The summed E-state index contributed by atoms with van der Waals surface area (Å²) < 4.78 is 10.5. The molecular formula is C11H11O3. The van der Waals surface area contributed by atoms with Crippen molar-refractivity contribution in [3.8, 4) is 11.5 Å². The van der Waals surface area contributed by atoms with E-state index in [0.29, 0.717) is 17.1 Å². The van der Waals surface area contributed by atoms with Crippen LogP contribution in [-0.2, 0) is 0 Å². The third-order valence-electron chi connectivity index (χ3n) is 2.16. The van der Waals surface area contributed by atoms with Crippen LogP contribution in [0.2, 0.25) is 0 Å². The first-order valence-corrected chi connectivity index (χ1v) is 4.30. The molecule has 1 radical (unpaired) electrons. The van der Waals surface area contributed by atoms with Gasteiger partial charge in [-0.15, -0.1) is 0 Å². The molecule has 2 rings (SSSR count). The Labute approximate surface area is 82.6 Å². The minimum atomic E-state index is -0.834. The van der Waals surface area contributed by atoms with Crippen LogP contribution in [0.1, 0.15) is 17.2 Å². The van der Waals surface area contributed by atoms with Crippen molar-refractivity contribution in [1.29, 1.82) is 0 Å². The lowest BCUT2D eigenvalue weighted by Gasteiger charge is -2.11. The first kappa shape index (κ1) is 9.09. The molecule has 0 aromatic heterocycles. The Kier molecular flexibility index (Phi) is 2.17. The van der Waals surface area contributed by atoms with E-state index < -0.39 is 6.10 Å². The Balaban J connectivity index is 2.62. The van der Waals surface area contributed by atoms with Gasteiger partial charge in [-0.05, 0) is 18.6 Å². The minimum absolute atomic E-state index is 0.190. The third-order valence-corrected chi connectivity index (χ3v) is 2.16. The molecule has 0 amide bonds. The van der Waals surface area contributed by atoms with Gasteiger partial charge in [-0.2, -0.15) is 0 Å². The molecule has 1 N–H and O–H groups in total. The highest BCUT2D eigenvalue weighted by Crippen LogP contribution is 2.40. The molecule has 0 fully saturated rings. The predicted molar refractivity (Wildman–Crippen MR) is 53.0 cm³/mol. The van der Waals surface area contributed by atoms with Gasteiger partial charge in [0.2, 0.25) is 6.79 Å². The summed E-state index contributed by atoms with van der Waals surface area (Å²) in [7, 11) is 0. The lowest BCUT2D eigenvalue weighted by Crippen LogP contribution is -1.99. The average molecular weight is 191 g/mol. The maximum atomic E-state index is 9.51. The Morgan fingerprint density at radius 2 is 2.21 bits per heavy atom. The van der Waals surface area contributed by atoms with E-state index in [2.05, 4.69) is 13.5 Å². The maximum absolute atomic E-state index is 9.51. The Bertz CT molecular complexity index is 369. The maximum Gasteiger partial charge on any atom is 0.231 e. The van der Waals surface area contributed by atoms with Gasteiger partial charge in [0.1, 0.15) is 0 Å². The van der Waals surface area contributed by atoms with Gasteiger partial charge in [-0.3, -0.25) is 0 Å². The molecule has 3 nitrogen and oxygen atoms in total. The van der Waals surface area contributed by atoms with E-state index in [1.807, 2.05) is 6.07 Å². The van der Waals surface area contributed by atoms with Crippen molar-refractivity contribution in [2.45, 2.75) is 6.10 Å². The largest absolute Gasteiger partial charge is 0.454 e. The predicted octanol–water partition coefficient (Wildman–Crippen LogP) is 1.93. The van der Waals surface area contributed by atoms with Gasteiger partial charge in [0.15, 0.2) is 11.5 Å². The number of hydrogen-bond acceptors (Lipinski definition) is 3. The number of hydrogen-bond donors (Lipinski definition) is 1. The number of aliphatic hydroxyl groups excluding tert-OH is 1. The molecule has 14 heavy (non-hydrogen) atoms. The molecule has 1 aliphatic rings. The lowest BCUT2D eigenvalue weighted by atomic mass is 10.0. The van der Waals surface area contributed by atoms with Crippen LogP contribution < -0.4 is 9.47 Å². The standard InChI is InChI=1S/C11H11O3/c1-3-8-4-5-9-11(14-6-13-9)10(8)7(2)12/h3-5,7,12H,1-2,6H2. The number of ether oxygens (including phenoxy) is 2. The van der Waals surface area contributed by atoms with Gasteiger partial charge in [-0.25, -0.2) is 0 Å². The molecule has 1 aromatic carbocycles. The first-order chi connectivity index (χ1) is 6.74. The summed E-state index contributed by atoms with van der Waals surface area (Å²) in [5.41, 5.74) is 1.45. The Morgan fingerprint density at radius 3 is 2.86 bits per heavy atom. The average Bonchev–Trinajstić information content (AvgIpc) is 2.62. The first-order valence-electron chi connectivity index (χ1n) is 4.30. The van der Waals surface area contributed by atoms with Crippen molar-refractivity contribution in [2.24, 2.45) is 0 Å². The molecule has 0 saturated heterocycles. The van der Waals surface area contributed by atoms with Crippen LogP contribution in [0.3, 0.4) is 0 Å².